The van der Waals surface area contributed by atoms with E-state index in [0.717, 1.165) is 0 Å². The monoisotopic (exact) mass is 542 g/mol. The highest BCUT2D eigenvalue weighted by Crippen LogP contribution is 2.44. The Morgan fingerprint density at radius 1 is 1.03 bits per heavy atom. The van der Waals surface area contributed by atoms with Gasteiger partial charge in [-0.05, 0) is 37.3 Å². The lowest BCUT2D eigenvalue weighted by Gasteiger charge is -2.28. The average Bonchev–Trinajstić information content (AvgIpc) is 2.93. The number of aliphatic hydroxyl groups excluding tert-OH is 1. The molecule has 0 aliphatic carbocycles. The van der Waals surface area contributed by atoms with Crippen LogP contribution in [0.4, 0.5) is 5.69 Å². The molecule has 2 N–H and O–H groups in total. The molecule has 1 saturated heterocycles. The van der Waals surface area contributed by atoms with E-state index < -0.39 is 10.0 Å². The normalized spacial score (nSPS) is 13.6. The molecule has 4 rings (SSSR count). The molecule has 0 atom stereocenters. The molecule has 1 fully saturated rings. The van der Waals surface area contributed by atoms with Gasteiger partial charge in [0.25, 0.3) is 15.9 Å². The van der Waals surface area contributed by atoms with Crippen molar-refractivity contribution in [3.63, 3.8) is 0 Å². The summed E-state index contributed by atoms with van der Waals surface area (Å²) in [5, 5.41) is 9.48. The van der Waals surface area contributed by atoms with Crippen molar-refractivity contribution in [1.82, 2.24) is 4.90 Å². The highest BCUT2D eigenvalue weighted by molar-refractivity contribution is 7.92. The number of para-hydroxylation sites is 3. The van der Waals surface area contributed by atoms with Crippen LogP contribution in [0, 0.1) is 6.92 Å². The van der Waals surface area contributed by atoms with Gasteiger partial charge >= 0.3 is 0 Å². The van der Waals surface area contributed by atoms with E-state index in [4.69, 9.17) is 18.9 Å². The van der Waals surface area contributed by atoms with Crippen LogP contribution in [0.15, 0.2) is 65.6 Å². The quantitative estimate of drug-likeness (QED) is 0.399. The Balaban J connectivity index is 1.92. The molecule has 1 aliphatic rings. The molecule has 0 saturated carbocycles. The Morgan fingerprint density at radius 2 is 1.68 bits per heavy atom. The smallest absolute Gasteiger partial charge is 0.265 e. The first-order valence-corrected chi connectivity index (χ1v) is 13.5. The van der Waals surface area contributed by atoms with E-state index in [1.807, 2.05) is 0 Å². The van der Waals surface area contributed by atoms with Crippen LogP contribution in [0.1, 0.15) is 15.9 Å². The van der Waals surface area contributed by atoms with Crippen LogP contribution in [-0.2, 0) is 14.8 Å². The van der Waals surface area contributed by atoms with E-state index in [2.05, 4.69) is 4.72 Å². The van der Waals surface area contributed by atoms with Crippen LogP contribution >= 0.6 is 0 Å². The summed E-state index contributed by atoms with van der Waals surface area (Å²) in [5.41, 5.74) is 0.842. The number of morpholine rings is 1. The molecule has 10 nitrogen and oxygen atoms in total. The lowest BCUT2D eigenvalue weighted by molar-refractivity contribution is 0.0302. The first kappa shape index (κ1) is 27.2. The second-order valence-electron chi connectivity index (χ2n) is 8.41. The van der Waals surface area contributed by atoms with Gasteiger partial charge in [0.1, 0.15) is 11.5 Å². The van der Waals surface area contributed by atoms with Crippen molar-refractivity contribution in [2.45, 2.75) is 11.8 Å². The lowest BCUT2D eigenvalue weighted by atomic mass is 10.0. The van der Waals surface area contributed by atoms with Gasteiger partial charge in [0, 0.05) is 29.9 Å². The van der Waals surface area contributed by atoms with Gasteiger partial charge in [-0.25, -0.2) is 8.42 Å². The fraction of sp³-hybridized carbons (Fsp3) is 0.296. The summed E-state index contributed by atoms with van der Waals surface area (Å²) in [7, 11) is -2.82. The molecule has 202 valence electrons. The molecule has 0 bridgehead atoms. The summed E-state index contributed by atoms with van der Waals surface area (Å²) in [6.45, 7) is 2.67. The van der Waals surface area contributed by atoms with Crippen LogP contribution in [0.25, 0.3) is 0 Å². The number of amides is 1. The third-order valence-electron chi connectivity index (χ3n) is 5.91. The van der Waals surface area contributed by atoms with Gasteiger partial charge in [0.05, 0.1) is 26.9 Å². The fourth-order valence-corrected chi connectivity index (χ4v) is 5.22. The molecule has 0 aromatic heterocycles. The summed E-state index contributed by atoms with van der Waals surface area (Å²) in [4.78, 5) is 14.8. The lowest BCUT2D eigenvalue weighted by Crippen LogP contribution is -2.41. The van der Waals surface area contributed by atoms with Gasteiger partial charge in [-0.15, -0.1) is 0 Å². The van der Waals surface area contributed by atoms with Gasteiger partial charge in [-0.3, -0.25) is 9.52 Å². The van der Waals surface area contributed by atoms with E-state index in [1.54, 1.807) is 66.4 Å². The Kier molecular flexibility index (Phi) is 8.72. The molecule has 1 heterocycles. The molecule has 0 spiro atoms. The van der Waals surface area contributed by atoms with E-state index in [9.17, 15) is 18.3 Å². The van der Waals surface area contributed by atoms with Gasteiger partial charge in [-0.1, -0.05) is 30.3 Å². The molecule has 0 unspecified atom stereocenters. The highest BCUT2D eigenvalue weighted by atomic mass is 32.2. The third kappa shape index (κ3) is 6.01. The van der Waals surface area contributed by atoms with Gasteiger partial charge in [-0.2, -0.15) is 0 Å². The van der Waals surface area contributed by atoms with Gasteiger partial charge in [0.2, 0.25) is 0 Å². The number of rotatable bonds is 10. The number of benzene rings is 3. The van der Waals surface area contributed by atoms with Crippen LogP contribution in [-0.4, -0.2) is 71.0 Å². The zero-order valence-electron chi connectivity index (χ0n) is 21.2. The predicted octanol–water partition coefficient (Wildman–Crippen LogP) is 3.44. The SMILES string of the molecule is COc1ccccc1Oc1c(S(=O)(=O)Nc2ccccc2)cc(C(=O)N2CCOCC2)c(C)c1OCCO. The number of carbonyl (C=O) groups is 1. The maximum Gasteiger partial charge on any atom is 0.265 e. The van der Waals surface area contributed by atoms with E-state index >= 15 is 0 Å². The fourth-order valence-electron chi connectivity index (χ4n) is 4.02. The number of nitrogens with one attached hydrogen (secondary N) is 1. The second kappa shape index (κ2) is 12.2. The van der Waals surface area contributed by atoms with Crippen molar-refractivity contribution in [2.75, 3.05) is 51.3 Å². The number of sulfonamides is 1. The first-order valence-electron chi connectivity index (χ1n) is 12.0. The van der Waals surface area contributed by atoms with Crippen LogP contribution < -0.4 is 18.9 Å². The molecule has 11 heteroatoms. The second-order valence-corrected chi connectivity index (χ2v) is 10.1. The summed E-state index contributed by atoms with van der Waals surface area (Å²) in [5.74, 6) is 0.136. The molecule has 3 aromatic carbocycles. The highest BCUT2D eigenvalue weighted by Gasteiger charge is 2.32. The molecule has 3 aromatic rings. The van der Waals surface area contributed by atoms with E-state index in [0.29, 0.717) is 43.3 Å². The summed E-state index contributed by atoms with van der Waals surface area (Å²) in [6, 6.07) is 16.4. The molecular weight excluding hydrogens is 512 g/mol. The average molecular weight is 543 g/mol. The van der Waals surface area contributed by atoms with Crippen molar-refractivity contribution in [2.24, 2.45) is 0 Å². The Labute approximate surface area is 221 Å². The van der Waals surface area contributed by atoms with E-state index in [-0.39, 0.29) is 46.8 Å². The molecule has 1 aliphatic heterocycles. The van der Waals surface area contributed by atoms with Crippen LogP contribution in [0.5, 0.6) is 23.0 Å². The van der Waals surface area contributed by atoms with Crippen LogP contribution in [0.2, 0.25) is 0 Å². The number of hydrogen-bond acceptors (Lipinski definition) is 8. The number of methoxy groups -OCH3 is 1. The predicted molar refractivity (Wildman–Crippen MR) is 141 cm³/mol. The molecule has 38 heavy (non-hydrogen) atoms. The maximum absolute atomic E-state index is 13.8. The number of hydrogen-bond donors (Lipinski definition) is 2. The Bertz CT molecular complexity index is 1370. The summed E-state index contributed by atoms with van der Waals surface area (Å²) in [6.07, 6.45) is 0. The minimum absolute atomic E-state index is 0.0255. The zero-order chi connectivity index (χ0) is 27.1. The van der Waals surface area contributed by atoms with Crippen molar-refractivity contribution in [1.29, 1.82) is 0 Å². The standard InChI is InChI=1S/C27H30N2O8S/c1-19-21(27(31)29-12-15-35-16-13-29)18-24(38(32,33)28-20-8-4-3-5-9-20)26(25(19)36-17-14-30)37-23-11-7-6-10-22(23)34-2/h3-11,18,28,30H,12-17H2,1-2H3. The van der Waals surface area contributed by atoms with Crippen LogP contribution in [0.3, 0.4) is 0 Å². The summed E-state index contributed by atoms with van der Waals surface area (Å²) < 4.78 is 52.8. The number of ether oxygens (including phenoxy) is 4. The summed E-state index contributed by atoms with van der Waals surface area (Å²) >= 11 is 0. The minimum atomic E-state index is -4.29. The Morgan fingerprint density at radius 3 is 2.34 bits per heavy atom. The Hall–Kier alpha value is -3.80. The third-order valence-corrected chi connectivity index (χ3v) is 7.30. The number of nitrogens with zero attached hydrogens (tertiary/aromatic N) is 1. The number of anilines is 1. The molecule has 1 amide bonds. The van der Waals surface area contributed by atoms with Crippen molar-refractivity contribution < 1.29 is 37.3 Å². The number of carbonyl (C=O) groups excluding carboxylic acids is 1. The minimum Gasteiger partial charge on any atom is -0.493 e. The zero-order valence-corrected chi connectivity index (χ0v) is 22.0. The molecular formula is C27H30N2O8S. The molecule has 0 radical (unpaired) electrons. The largest absolute Gasteiger partial charge is 0.493 e. The maximum atomic E-state index is 13.8. The van der Waals surface area contributed by atoms with E-state index in [1.165, 1.54) is 13.2 Å². The van der Waals surface area contributed by atoms with Crippen molar-refractivity contribution in [3.05, 3.63) is 71.8 Å². The topological polar surface area (TPSA) is 124 Å². The van der Waals surface area contributed by atoms with Gasteiger partial charge < -0.3 is 29.0 Å². The van der Waals surface area contributed by atoms with Crippen molar-refractivity contribution >= 4 is 21.6 Å². The van der Waals surface area contributed by atoms with Crippen molar-refractivity contribution in [3.8, 4) is 23.0 Å². The van der Waals surface area contributed by atoms with Gasteiger partial charge in [0.15, 0.2) is 23.0 Å². The number of aliphatic hydroxyl groups is 1. The first-order chi connectivity index (χ1) is 18.4.